The predicted molar refractivity (Wildman–Crippen MR) is 72.9 cm³/mol. The van der Waals surface area contributed by atoms with Crippen LogP contribution in [0.1, 0.15) is 18.5 Å². The molecule has 0 heterocycles. The topological polar surface area (TPSA) is 21.3 Å². The van der Waals surface area contributed by atoms with E-state index in [-0.39, 0.29) is 0 Å². The molecule has 0 aliphatic heterocycles. The predicted octanol–water partition coefficient (Wildman–Crippen LogP) is 3.76. The van der Waals surface area contributed by atoms with Crippen LogP contribution in [0, 0.1) is 0 Å². The standard InChI is InChI=1S/C15H17F2NO/c1-3-18-14(15(16)17)12-5-4-11-9-13(19-2)7-6-10(11)8-12/h4-9,14-15,18H,3H2,1-2H3. The van der Waals surface area contributed by atoms with Gasteiger partial charge in [-0.3, -0.25) is 0 Å². The minimum Gasteiger partial charge on any atom is -0.497 e. The van der Waals surface area contributed by atoms with E-state index in [0.717, 1.165) is 16.5 Å². The molecule has 0 bridgehead atoms. The van der Waals surface area contributed by atoms with Gasteiger partial charge >= 0.3 is 0 Å². The second-order valence-corrected chi connectivity index (χ2v) is 4.34. The first-order valence-electron chi connectivity index (χ1n) is 6.25. The maximum absolute atomic E-state index is 13.0. The van der Waals surface area contributed by atoms with Gasteiger partial charge in [0.15, 0.2) is 0 Å². The van der Waals surface area contributed by atoms with E-state index in [2.05, 4.69) is 5.32 Å². The SMILES string of the molecule is CCNC(c1ccc2cc(OC)ccc2c1)C(F)F. The van der Waals surface area contributed by atoms with Crippen LogP contribution in [0.25, 0.3) is 10.8 Å². The van der Waals surface area contributed by atoms with Gasteiger partial charge in [0.1, 0.15) is 5.75 Å². The number of fused-ring (bicyclic) bond motifs is 1. The molecule has 0 aliphatic carbocycles. The van der Waals surface area contributed by atoms with E-state index < -0.39 is 12.5 Å². The minimum absolute atomic E-state index is 0.510. The Balaban J connectivity index is 2.40. The fourth-order valence-electron chi connectivity index (χ4n) is 2.14. The fourth-order valence-corrected chi connectivity index (χ4v) is 2.14. The largest absolute Gasteiger partial charge is 0.497 e. The molecule has 0 fully saturated rings. The molecule has 0 aliphatic rings. The van der Waals surface area contributed by atoms with Gasteiger partial charge < -0.3 is 10.1 Å². The summed E-state index contributed by atoms with van der Waals surface area (Å²) < 4.78 is 31.2. The number of hydrogen-bond acceptors (Lipinski definition) is 2. The number of nitrogens with one attached hydrogen (secondary N) is 1. The van der Waals surface area contributed by atoms with Crippen LogP contribution in [-0.2, 0) is 0 Å². The average Bonchev–Trinajstić information content (AvgIpc) is 2.43. The Hall–Kier alpha value is -1.68. The molecular weight excluding hydrogens is 248 g/mol. The molecule has 4 heteroatoms. The summed E-state index contributed by atoms with van der Waals surface area (Å²) in [5.74, 6) is 0.761. The molecule has 0 saturated heterocycles. The summed E-state index contributed by atoms with van der Waals surface area (Å²) in [5, 5.41) is 4.72. The van der Waals surface area contributed by atoms with E-state index in [0.29, 0.717) is 12.1 Å². The molecule has 2 nitrogen and oxygen atoms in total. The Morgan fingerprint density at radius 1 is 1.11 bits per heavy atom. The maximum atomic E-state index is 13.0. The van der Waals surface area contributed by atoms with Crippen molar-refractivity contribution in [3.05, 3.63) is 42.0 Å². The molecule has 102 valence electrons. The van der Waals surface area contributed by atoms with Crippen molar-refractivity contribution in [2.24, 2.45) is 0 Å². The number of rotatable bonds is 5. The van der Waals surface area contributed by atoms with E-state index in [1.165, 1.54) is 0 Å². The fraction of sp³-hybridized carbons (Fsp3) is 0.333. The first kappa shape index (κ1) is 13.7. The van der Waals surface area contributed by atoms with Crippen LogP contribution < -0.4 is 10.1 Å². The molecular formula is C15H17F2NO. The lowest BCUT2D eigenvalue weighted by atomic mass is 10.0. The van der Waals surface area contributed by atoms with Crippen LogP contribution in [-0.4, -0.2) is 20.1 Å². The van der Waals surface area contributed by atoms with Crippen LogP contribution in [0.3, 0.4) is 0 Å². The zero-order valence-electron chi connectivity index (χ0n) is 11.0. The summed E-state index contributed by atoms with van der Waals surface area (Å²) in [6.07, 6.45) is -2.42. The van der Waals surface area contributed by atoms with E-state index in [1.807, 2.05) is 31.2 Å². The number of halogens is 2. The lowest BCUT2D eigenvalue weighted by molar-refractivity contribution is 0.0993. The van der Waals surface area contributed by atoms with Gasteiger partial charge in [0.05, 0.1) is 13.2 Å². The number of alkyl halides is 2. The highest BCUT2D eigenvalue weighted by molar-refractivity contribution is 5.84. The highest BCUT2D eigenvalue weighted by atomic mass is 19.3. The molecule has 1 unspecified atom stereocenters. The van der Waals surface area contributed by atoms with Gasteiger partial charge in [-0.1, -0.05) is 25.1 Å². The summed E-state index contributed by atoms with van der Waals surface area (Å²) in [5.41, 5.74) is 0.606. The Labute approximate surface area is 111 Å². The van der Waals surface area contributed by atoms with Crippen LogP contribution >= 0.6 is 0 Å². The van der Waals surface area contributed by atoms with Crippen molar-refractivity contribution in [2.75, 3.05) is 13.7 Å². The first-order chi connectivity index (χ1) is 9.15. The van der Waals surface area contributed by atoms with E-state index in [4.69, 9.17) is 4.74 Å². The molecule has 2 rings (SSSR count). The van der Waals surface area contributed by atoms with Crippen molar-refractivity contribution >= 4 is 10.8 Å². The number of ether oxygens (including phenoxy) is 1. The van der Waals surface area contributed by atoms with Crippen molar-refractivity contribution in [2.45, 2.75) is 19.4 Å². The summed E-state index contributed by atoms with van der Waals surface area (Å²) >= 11 is 0. The molecule has 2 aromatic rings. The third kappa shape index (κ3) is 3.01. The van der Waals surface area contributed by atoms with Gasteiger partial charge in [0.25, 0.3) is 6.43 Å². The monoisotopic (exact) mass is 265 g/mol. The molecule has 19 heavy (non-hydrogen) atoms. The number of hydrogen-bond donors (Lipinski definition) is 1. The van der Waals surface area contributed by atoms with Crippen molar-refractivity contribution in [3.8, 4) is 5.75 Å². The molecule has 0 radical (unpaired) electrons. The second kappa shape index (κ2) is 5.97. The summed E-state index contributed by atoms with van der Waals surface area (Å²) in [4.78, 5) is 0. The second-order valence-electron chi connectivity index (χ2n) is 4.34. The van der Waals surface area contributed by atoms with Crippen LogP contribution in [0.2, 0.25) is 0 Å². The summed E-state index contributed by atoms with van der Waals surface area (Å²) in [6, 6.07) is 10.1. The Morgan fingerprint density at radius 2 is 1.79 bits per heavy atom. The smallest absolute Gasteiger partial charge is 0.257 e. The highest BCUT2D eigenvalue weighted by Crippen LogP contribution is 2.26. The molecule has 0 spiro atoms. The quantitative estimate of drug-likeness (QED) is 0.888. The van der Waals surface area contributed by atoms with Crippen molar-refractivity contribution in [3.63, 3.8) is 0 Å². The lowest BCUT2D eigenvalue weighted by Gasteiger charge is -2.18. The third-order valence-electron chi connectivity index (χ3n) is 3.11. The molecule has 1 N–H and O–H groups in total. The Bertz CT molecular complexity index is 557. The van der Waals surface area contributed by atoms with Gasteiger partial charge in [-0.05, 0) is 41.1 Å². The van der Waals surface area contributed by atoms with Crippen LogP contribution in [0.15, 0.2) is 36.4 Å². The number of methoxy groups -OCH3 is 1. The highest BCUT2D eigenvalue weighted by Gasteiger charge is 2.21. The zero-order chi connectivity index (χ0) is 13.8. The Kier molecular flexibility index (Phi) is 4.32. The van der Waals surface area contributed by atoms with Crippen molar-refractivity contribution in [1.82, 2.24) is 5.32 Å². The van der Waals surface area contributed by atoms with Crippen molar-refractivity contribution in [1.29, 1.82) is 0 Å². The average molecular weight is 265 g/mol. The van der Waals surface area contributed by atoms with E-state index in [1.54, 1.807) is 19.2 Å². The molecule has 0 saturated carbocycles. The van der Waals surface area contributed by atoms with Crippen LogP contribution in [0.5, 0.6) is 5.75 Å². The first-order valence-corrected chi connectivity index (χ1v) is 6.25. The molecule has 0 amide bonds. The lowest BCUT2D eigenvalue weighted by Crippen LogP contribution is -2.26. The van der Waals surface area contributed by atoms with Gasteiger partial charge in [-0.25, -0.2) is 8.78 Å². The van der Waals surface area contributed by atoms with Crippen molar-refractivity contribution < 1.29 is 13.5 Å². The summed E-state index contributed by atoms with van der Waals surface area (Å²) in [6.45, 7) is 2.33. The van der Waals surface area contributed by atoms with Gasteiger partial charge in [-0.2, -0.15) is 0 Å². The van der Waals surface area contributed by atoms with Gasteiger partial charge in [0.2, 0.25) is 0 Å². The summed E-state index contributed by atoms with van der Waals surface area (Å²) in [7, 11) is 1.60. The normalized spacial score (nSPS) is 12.9. The Morgan fingerprint density at radius 3 is 2.42 bits per heavy atom. The maximum Gasteiger partial charge on any atom is 0.257 e. The molecule has 1 atom stereocenters. The minimum atomic E-state index is -2.42. The third-order valence-corrected chi connectivity index (χ3v) is 3.11. The molecule has 0 aromatic heterocycles. The van der Waals surface area contributed by atoms with Crippen LogP contribution in [0.4, 0.5) is 8.78 Å². The van der Waals surface area contributed by atoms with E-state index >= 15 is 0 Å². The van der Waals surface area contributed by atoms with E-state index in [9.17, 15) is 8.78 Å². The molecule has 2 aromatic carbocycles. The van der Waals surface area contributed by atoms with Gasteiger partial charge in [-0.15, -0.1) is 0 Å². The number of benzene rings is 2. The zero-order valence-corrected chi connectivity index (χ0v) is 11.0. The van der Waals surface area contributed by atoms with Gasteiger partial charge in [0, 0.05) is 0 Å².